The van der Waals surface area contributed by atoms with Crippen molar-refractivity contribution in [2.24, 2.45) is 5.73 Å². The Morgan fingerprint density at radius 1 is 1.29 bits per heavy atom. The van der Waals surface area contributed by atoms with Crippen molar-refractivity contribution in [1.29, 1.82) is 0 Å². The van der Waals surface area contributed by atoms with Crippen LogP contribution in [0, 0.1) is 6.92 Å². The zero-order valence-corrected chi connectivity index (χ0v) is 11.1. The van der Waals surface area contributed by atoms with Gasteiger partial charge in [-0.25, -0.2) is 0 Å². The molecule has 0 aliphatic heterocycles. The lowest BCUT2D eigenvalue weighted by Crippen LogP contribution is -2.45. The van der Waals surface area contributed by atoms with Gasteiger partial charge in [0.05, 0.1) is 0 Å². The minimum atomic E-state index is -0.156. The number of halogens is 1. The van der Waals surface area contributed by atoms with Gasteiger partial charge < -0.3 is 10.5 Å². The predicted octanol–water partition coefficient (Wildman–Crippen LogP) is 3.69. The largest absolute Gasteiger partial charge is 0.486 e. The van der Waals surface area contributed by atoms with Gasteiger partial charge in [-0.05, 0) is 56.4 Å². The van der Waals surface area contributed by atoms with Gasteiger partial charge in [-0.15, -0.1) is 0 Å². The zero-order valence-electron chi connectivity index (χ0n) is 10.3. The fourth-order valence-electron chi connectivity index (χ4n) is 2.50. The molecule has 0 radical (unpaired) electrons. The van der Waals surface area contributed by atoms with Crippen LogP contribution in [0.3, 0.4) is 0 Å². The number of hydrogen-bond donors (Lipinski definition) is 1. The number of rotatable bonds is 3. The van der Waals surface area contributed by atoms with Gasteiger partial charge in [-0.3, -0.25) is 0 Å². The molecule has 2 nitrogen and oxygen atoms in total. The molecule has 0 saturated heterocycles. The summed E-state index contributed by atoms with van der Waals surface area (Å²) in [6, 6.07) is 5.75. The molecule has 0 aromatic heterocycles. The first-order valence-corrected chi connectivity index (χ1v) is 6.68. The molecule has 2 N–H and O–H groups in total. The zero-order chi connectivity index (χ0) is 12.3. The van der Waals surface area contributed by atoms with E-state index in [-0.39, 0.29) is 5.60 Å². The van der Waals surface area contributed by atoms with E-state index in [9.17, 15) is 0 Å². The highest BCUT2D eigenvalue weighted by molar-refractivity contribution is 6.30. The van der Waals surface area contributed by atoms with Gasteiger partial charge in [0.2, 0.25) is 0 Å². The third kappa shape index (κ3) is 2.93. The maximum atomic E-state index is 6.19. The van der Waals surface area contributed by atoms with E-state index < -0.39 is 0 Å². The fraction of sp³-hybridized carbons (Fsp3) is 0.571. The number of benzene rings is 1. The van der Waals surface area contributed by atoms with Gasteiger partial charge in [0.25, 0.3) is 0 Å². The second-order valence-corrected chi connectivity index (χ2v) is 5.40. The van der Waals surface area contributed by atoms with Gasteiger partial charge in [0, 0.05) is 11.6 Å². The quantitative estimate of drug-likeness (QED) is 0.892. The number of ether oxygens (including phenoxy) is 1. The molecule has 1 saturated carbocycles. The Labute approximate surface area is 108 Å². The molecule has 0 bridgehead atoms. The second kappa shape index (κ2) is 5.28. The number of hydrogen-bond acceptors (Lipinski definition) is 2. The molecular weight excluding hydrogens is 234 g/mol. The lowest BCUT2D eigenvalue weighted by Gasteiger charge is -2.37. The molecule has 0 atom stereocenters. The smallest absolute Gasteiger partial charge is 0.123 e. The highest BCUT2D eigenvalue weighted by atomic mass is 35.5. The topological polar surface area (TPSA) is 35.2 Å². The van der Waals surface area contributed by atoms with Crippen LogP contribution in [0.5, 0.6) is 5.75 Å². The average molecular weight is 254 g/mol. The molecule has 0 amide bonds. The Morgan fingerprint density at radius 2 is 2.00 bits per heavy atom. The van der Waals surface area contributed by atoms with E-state index in [0.29, 0.717) is 6.54 Å². The highest BCUT2D eigenvalue weighted by Crippen LogP contribution is 2.34. The van der Waals surface area contributed by atoms with Crippen LogP contribution >= 0.6 is 11.6 Å². The van der Waals surface area contributed by atoms with Crippen LogP contribution in [0.15, 0.2) is 18.2 Å². The molecule has 3 heteroatoms. The van der Waals surface area contributed by atoms with Crippen molar-refractivity contribution in [2.45, 2.75) is 44.6 Å². The summed E-state index contributed by atoms with van der Waals surface area (Å²) in [4.78, 5) is 0. The maximum Gasteiger partial charge on any atom is 0.123 e. The summed E-state index contributed by atoms with van der Waals surface area (Å²) >= 11 is 5.95. The Balaban J connectivity index is 2.17. The third-order valence-corrected chi connectivity index (χ3v) is 3.84. The van der Waals surface area contributed by atoms with Crippen molar-refractivity contribution in [3.63, 3.8) is 0 Å². The molecule has 1 aromatic rings. The molecule has 0 unspecified atom stereocenters. The Hall–Kier alpha value is -0.730. The first-order valence-electron chi connectivity index (χ1n) is 6.30. The van der Waals surface area contributed by atoms with Crippen LogP contribution in [0.4, 0.5) is 0 Å². The van der Waals surface area contributed by atoms with E-state index in [0.717, 1.165) is 29.2 Å². The van der Waals surface area contributed by atoms with Gasteiger partial charge in [0.1, 0.15) is 11.4 Å². The molecule has 0 spiro atoms. The highest BCUT2D eigenvalue weighted by Gasteiger charge is 2.33. The third-order valence-electron chi connectivity index (χ3n) is 3.60. The monoisotopic (exact) mass is 253 g/mol. The molecule has 1 fully saturated rings. The Bertz CT molecular complexity index is 386. The first kappa shape index (κ1) is 12.7. The second-order valence-electron chi connectivity index (χ2n) is 4.96. The minimum Gasteiger partial charge on any atom is -0.486 e. The van der Waals surface area contributed by atoms with Crippen molar-refractivity contribution in [3.8, 4) is 5.75 Å². The van der Waals surface area contributed by atoms with Crippen molar-refractivity contribution in [1.82, 2.24) is 0 Å². The van der Waals surface area contributed by atoms with Crippen LogP contribution in [0.1, 0.15) is 37.7 Å². The van der Waals surface area contributed by atoms with Crippen molar-refractivity contribution in [3.05, 3.63) is 28.8 Å². The summed E-state index contributed by atoms with van der Waals surface area (Å²) in [5.74, 6) is 0.918. The van der Waals surface area contributed by atoms with Crippen molar-refractivity contribution >= 4 is 11.6 Å². The number of aryl methyl sites for hydroxylation is 1. The van der Waals surface area contributed by atoms with E-state index in [1.807, 2.05) is 25.1 Å². The van der Waals surface area contributed by atoms with Gasteiger partial charge in [0.15, 0.2) is 0 Å². The summed E-state index contributed by atoms with van der Waals surface area (Å²) in [6.07, 6.45) is 5.84. The van der Waals surface area contributed by atoms with Crippen LogP contribution in [-0.2, 0) is 0 Å². The fourth-order valence-corrected chi connectivity index (χ4v) is 2.73. The SMILES string of the molecule is Cc1cc(Cl)ccc1OC1(CN)CCCCC1. The summed E-state index contributed by atoms with van der Waals surface area (Å²) in [7, 11) is 0. The Morgan fingerprint density at radius 3 is 2.59 bits per heavy atom. The molecule has 1 aliphatic rings. The molecule has 1 aliphatic carbocycles. The molecule has 17 heavy (non-hydrogen) atoms. The first-order chi connectivity index (χ1) is 8.15. The van der Waals surface area contributed by atoms with Crippen LogP contribution in [0.25, 0.3) is 0 Å². The standard InChI is InChI=1S/C14H20ClNO/c1-11-9-12(15)5-6-13(11)17-14(10-16)7-3-2-4-8-14/h5-6,9H,2-4,7-8,10,16H2,1H3. The molecule has 94 valence electrons. The normalized spacial score (nSPS) is 19.0. The van der Waals surface area contributed by atoms with Crippen molar-refractivity contribution < 1.29 is 4.74 Å². The van der Waals surface area contributed by atoms with Gasteiger partial charge in [-0.1, -0.05) is 18.0 Å². The van der Waals surface area contributed by atoms with E-state index in [4.69, 9.17) is 22.1 Å². The average Bonchev–Trinajstić information content (AvgIpc) is 2.34. The van der Waals surface area contributed by atoms with E-state index in [1.165, 1.54) is 19.3 Å². The lowest BCUT2D eigenvalue weighted by molar-refractivity contribution is 0.0380. The Kier molecular flexibility index (Phi) is 3.95. The summed E-state index contributed by atoms with van der Waals surface area (Å²) in [5.41, 5.74) is 6.84. The van der Waals surface area contributed by atoms with Crippen LogP contribution in [0.2, 0.25) is 5.02 Å². The summed E-state index contributed by atoms with van der Waals surface area (Å²) in [5, 5.41) is 0.750. The van der Waals surface area contributed by atoms with Crippen molar-refractivity contribution in [2.75, 3.05) is 6.54 Å². The predicted molar refractivity (Wildman–Crippen MR) is 71.7 cm³/mol. The number of nitrogens with two attached hydrogens (primary N) is 1. The van der Waals surface area contributed by atoms with E-state index >= 15 is 0 Å². The minimum absolute atomic E-state index is 0.156. The van der Waals surface area contributed by atoms with E-state index in [1.54, 1.807) is 0 Å². The molecule has 2 rings (SSSR count). The summed E-state index contributed by atoms with van der Waals surface area (Å²) in [6.45, 7) is 2.61. The van der Waals surface area contributed by atoms with Crippen LogP contribution in [-0.4, -0.2) is 12.1 Å². The maximum absolute atomic E-state index is 6.19. The molecule has 1 aromatic carbocycles. The van der Waals surface area contributed by atoms with Crippen LogP contribution < -0.4 is 10.5 Å². The molecular formula is C14H20ClNO. The van der Waals surface area contributed by atoms with Gasteiger partial charge >= 0.3 is 0 Å². The lowest BCUT2D eigenvalue weighted by atomic mass is 9.84. The molecule has 0 heterocycles. The van der Waals surface area contributed by atoms with Gasteiger partial charge in [-0.2, -0.15) is 0 Å². The van der Waals surface area contributed by atoms with E-state index in [2.05, 4.69) is 0 Å². The summed E-state index contributed by atoms with van der Waals surface area (Å²) < 4.78 is 6.19.